The van der Waals surface area contributed by atoms with Crippen LogP contribution in [0.2, 0.25) is 0 Å². The second-order valence-corrected chi connectivity index (χ2v) is 6.97. The van der Waals surface area contributed by atoms with Gasteiger partial charge in [-0.1, -0.05) is 29.8 Å². The second kappa shape index (κ2) is 6.93. The number of likely N-dealkylation sites (tertiary alicyclic amines) is 2. The fourth-order valence-corrected chi connectivity index (χ4v) is 4.22. The second-order valence-electron chi connectivity index (χ2n) is 6.97. The minimum Gasteiger partial charge on any atom is -0.395 e. The molecule has 0 radical (unpaired) electrons. The van der Waals surface area contributed by atoms with E-state index in [1.165, 1.54) is 0 Å². The number of benzene rings is 1. The van der Waals surface area contributed by atoms with Crippen molar-refractivity contribution in [2.24, 2.45) is 0 Å². The van der Waals surface area contributed by atoms with Crippen molar-refractivity contribution < 1.29 is 14.7 Å². The number of carbonyl (C=O) groups is 2. The summed E-state index contributed by atoms with van der Waals surface area (Å²) in [6.45, 7) is 3.69. The highest BCUT2D eigenvalue weighted by atomic mass is 16.3. The number of aliphatic hydroxyl groups excluding tert-OH is 1. The number of nitrogens with zero attached hydrogens (tertiary/aromatic N) is 2. The van der Waals surface area contributed by atoms with Crippen molar-refractivity contribution in [2.45, 2.75) is 44.6 Å². The standard InChI is InChI=1S/C19H26N2O3/c1-15-5-2-6-16(13-15)14-17(23)21-10-4-8-19(21)7-3-9-20(11-12-22)18(19)24/h2,5-6,13,22H,3-4,7-12,14H2,1H3. The molecule has 0 saturated carbocycles. The molecule has 1 aromatic rings. The Labute approximate surface area is 143 Å². The van der Waals surface area contributed by atoms with Crippen LogP contribution in [-0.4, -0.2) is 58.5 Å². The summed E-state index contributed by atoms with van der Waals surface area (Å²) in [5.41, 5.74) is 1.46. The molecule has 2 aliphatic heterocycles. The Bertz CT molecular complexity index is 629. The van der Waals surface area contributed by atoms with E-state index in [2.05, 4.69) is 0 Å². The van der Waals surface area contributed by atoms with E-state index in [0.717, 1.165) is 36.8 Å². The molecule has 130 valence electrons. The Hall–Kier alpha value is -1.88. The first-order valence-electron chi connectivity index (χ1n) is 8.83. The van der Waals surface area contributed by atoms with Crippen LogP contribution in [0.3, 0.4) is 0 Å². The van der Waals surface area contributed by atoms with Crippen molar-refractivity contribution in [1.82, 2.24) is 9.80 Å². The molecule has 1 aromatic carbocycles. The Balaban J connectivity index is 1.79. The number of aliphatic hydroxyl groups is 1. The lowest BCUT2D eigenvalue weighted by molar-refractivity contribution is -0.155. The topological polar surface area (TPSA) is 60.9 Å². The molecule has 24 heavy (non-hydrogen) atoms. The quantitative estimate of drug-likeness (QED) is 0.910. The highest BCUT2D eigenvalue weighted by Crippen LogP contribution is 2.38. The number of hydrogen-bond donors (Lipinski definition) is 1. The van der Waals surface area contributed by atoms with Gasteiger partial charge >= 0.3 is 0 Å². The monoisotopic (exact) mass is 330 g/mol. The predicted molar refractivity (Wildman–Crippen MR) is 91.5 cm³/mol. The van der Waals surface area contributed by atoms with Gasteiger partial charge in [-0.3, -0.25) is 9.59 Å². The van der Waals surface area contributed by atoms with Gasteiger partial charge in [0.1, 0.15) is 5.54 Å². The summed E-state index contributed by atoms with van der Waals surface area (Å²) in [5.74, 6) is 0.0650. The molecule has 2 heterocycles. The van der Waals surface area contributed by atoms with E-state index in [1.807, 2.05) is 36.1 Å². The third-order valence-electron chi connectivity index (χ3n) is 5.30. The number of piperidine rings is 1. The van der Waals surface area contributed by atoms with Gasteiger partial charge in [-0.15, -0.1) is 0 Å². The first kappa shape index (κ1) is 17.0. The number of carbonyl (C=O) groups excluding carboxylic acids is 2. The van der Waals surface area contributed by atoms with Crippen molar-refractivity contribution in [3.8, 4) is 0 Å². The molecule has 2 amide bonds. The number of amides is 2. The Morgan fingerprint density at radius 2 is 2.00 bits per heavy atom. The molecular weight excluding hydrogens is 304 g/mol. The molecule has 2 fully saturated rings. The normalized spacial score (nSPS) is 24.0. The van der Waals surface area contributed by atoms with Crippen LogP contribution in [0.4, 0.5) is 0 Å². The van der Waals surface area contributed by atoms with Crippen LogP contribution in [0.5, 0.6) is 0 Å². The van der Waals surface area contributed by atoms with E-state index in [1.54, 1.807) is 4.90 Å². The fourth-order valence-electron chi connectivity index (χ4n) is 4.22. The van der Waals surface area contributed by atoms with Crippen molar-refractivity contribution in [1.29, 1.82) is 0 Å². The SMILES string of the molecule is Cc1cccc(CC(=O)N2CCCC23CCCN(CCO)C3=O)c1. The fraction of sp³-hybridized carbons (Fsp3) is 0.579. The molecule has 1 N–H and O–H groups in total. The molecule has 0 bridgehead atoms. The molecule has 5 heteroatoms. The maximum Gasteiger partial charge on any atom is 0.248 e. The molecule has 5 nitrogen and oxygen atoms in total. The number of aryl methyl sites for hydroxylation is 1. The van der Waals surface area contributed by atoms with Crippen LogP contribution in [-0.2, 0) is 16.0 Å². The first-order chi connectivity index (χ1) is 11.6. The zero-order valence-electron chi connectivity index (χ0n) is 14.3. The summed E-state index contributed by atoms with van der Waals surface area (Å²) >= 11 is 0. The smallest absolute Gasteiger partial charge is 0.248 e. The van der Waals surface area contributed by atoms with Crippen molar-refractivity contribution in [3.05, 3.63) is 35.4 Å². The lowest BCUT2D eigenvalue weighted by Gasteiger charge is -2.44. The average molecular weight is 330 g/mol. The summed E-state index contributed by atoms with van der Waals surface area (Å²) in [6.07, 6.45) is 3.59. The molecule has 3 rings (SSSR count). The molecular formula is C19H26N2O3. The summed E-state index contributed by atoms with van der Waals surface area (Å²) in [6, 6.07) is 7.98. The van der Waals surface area contributed by atoms with Crippen LogP contribution in [0.15, 0.2) is 24.3 Å². The maximum absolute atomic E-state index is 13.0. The van der Waals surface area contributed by atoms with E-state index in [-0.39, 0.29) is 18.4 Å². The van der Waals surface area contributed by atoms with E-state index in [0.29, 0.717) is 26.1 Å². The molecule has 1 spiro atoms. The zero-order valence-corrected chi connectivity index (χ0v) is 14.3. The summed E-state index contributed by atoms with van der Waals surface area (Å²) in [4.78, 5) is 29.4. The third-order valence-corrected chi connectivity index (χ3v) is 5.30. The Morgan fingerprint density at radius 1 is 1.25 bits per heavy atom. The molecule has 0 aliphatic carbocycles. The zero-order chi connectivity index (χ0) is 17.2. The molecule has 1 atom stereocenters. The van der Waals surface area contributed by atoms with Gasteiger partial charge in [0.15, 0.2) is 0 Å². The number of β-amino-alcohol motifs (C(OH)–C–C–N with tert-alkyl or cyclic N) is 1. The lowest BCUT2D eigenvalue weighted by atomic mass is 9.85. The van der Waals surface area contributed by atoms with Crippen LogP contribution < -0.4 is 0 Å². The molecule has 1 unspecified atom stereocenters. The van der Waals surface area contributed by atoms with Gasteiger partial charge in [0.2, 0.25) is 11.8 Å². The van der Waals surface area contributed by atoms with Crippen LogP contribution in [0.1, 0.15) is 36.8 Å². The predicted octanol–water partition coefficient (Wildman–Crippen LogP) is 1.51. The van der Waals surface area contributed by atoms with E-state index >= 15 is 0 Å². The van der Waals surface area contributed by atoms with Crippen molar-refractivity contribution >= 4 is 11.8 Å². The van der Waals surface area contributed by atoms with Gasteiger partial charge in [0.25, 0.3) is 0 Å². The summed E-state index contributed by atoms with van der Waals surface area (Å²) in [5, 5.41) is 9.19. The summed E-state index contributed by atoms with van der Waals surface area (Å²) in [7, 11) is 0. The minimum absolute atomic E-state index is 0.0258. The van der Waals surface area contributed by atoms with Gasteiger partial charge in [0, 0.05) is 19.6 Å². The molecule has 2 saturated heterocycles. The van der Waals surface area contributed by atoms with Crippen LogP contribution >= 0.6 is 0 Å². The Kier molecular flexibility index (Phi) is 4.90. The van der Waals surface area contributed by atoms with E-state index in [9.17, 15) is 14.7 Å². The van der Waals surface area contributed by atoms with E-state index in [4.69, 9.17) is 0 Å². The number of rotatable bonds is 4. The van der Waals surface area contributed by atoms with Crippen molar-refractivity contribution in [2.75, 3.05) is 26.2 Å². The highest BCUT2D eigenvalue weighted by molar-refractivity contribution is 5.93. The van der Waals surface area contributed by atoms with Crippen LogP contribution in [0, 0.1) is 6.92 Å². The molecule has 2 aliphatic rings. The largest absolute Gasteiger partial charge is 0.395 e. The minimum atomic E-state index is -0.672. The van der Waals surface area contributed by atoms with Gasteiger partial charge < -0.3 is 14.9 Å². The lowest BCUT2D eigenvalue weighted by Crippen LogP contribution is -2.61. The van der Waals surface area contributed by atoms with E-state index < -0.39 is 5.54 Å². The third kappa shape index (κ3) is 3.05. The van der Waals surface area contributed by atoms with Gasteiger partial charge in [-0.25, -0.2) is 0 Å². The highest BCUT2D eigenvalue weighted by Gasteiger charge is 2.52. The van der Waals surface area contributed by atoms with Gasteiger partial charge in [-0.05, 0) is 38.2 Å². The first-order valence-corrected chi connectivity index (χ1v) is 8.83. The van der Waals surface area contributed by atoms with Gasteiger partial charge in [-0.2, -0.15) is 0 Å². The maximum atomic E-state index is 13.0. The number of hydrogen-bond acceptors (Lipinski definition) is 3. The van der Waals surface area contributed by atoms with Crippen molar-refractivity contribution in [3.63, 3.8) is 0 Å². The molecule has 0 aromatic heterocycles. The van der Waals surface area contributed by atoms with Crippen LogP contribution in [0.25, 0.3) is 0 Å². The average Bonchev–Trinajstić information content (AvgIpc) is 2.97. The Morgan fingerprint density at radius 3 is 2.71 bits per heavy atom. The summed E-state index contributed by atoms with van der Waals surface area (Å²) < 4.78 is 0. The van der Waals surface area contributed by atoms with Gasteiger partial charge in [0.05, 0.1) is 13.0 Å².